The maximum Gasteiger partial charge on any atom is 0.243 e. The number of amides is 3. The molecule has 9 heteroatoms. The molecule has 2 aromatic carbocycles. The molecule has 0 aliphatic carbocycles. The predicted octanol–water partition coefficient (Wildman–Crippen LogP) is 2.93. The smallest absolute Gasteiger partial charge is 0.243 e. The minimum atomic E-state index is -0.863. The van der Waals surface area contributed by atoms with Crippen molar-refractivity contribution >= 4 is 40.9 Å². The van der Waals surface area contributed by atoms with Crippen LogP contribution in [0.5, 0.6) is 0 Å². The van der Waals surface area contributed by atoms with Crippen LogP contribution in [-0.4, -0.2) is 65.5 Å². The second-order valence-corrected chi connectivity index (χ2v) is 10.0. The molecule has 1 heterocycles. The first-order valence-electron chi connectivity index (χ1n) is 13.6. The fourth-order valence-electron chi connectivity index (χ4n) is 5.13. The third-order valence-electron chi connectivity index (χ3n) is 7.13. The summed E-state index contributed by atoms with van der Waals surface area (Å²) >= 11 is 0. The summed E-state index contributed by atoms with van der Waals surface area (Å²) in [6.45, 7) is 4.73. The van der Waals surface area contributed by atoms with Crippen molar-refractivity contribution in [2.24, 2.45) is 11.7 Å². The van der Waals surface area contributed by atoms with Gasteiger partial charge in [-0.25, -0.2) is 0 Å². The lowest BCUT2D eigenvalue weighted by molar-refractivity contribution is -0.142. The first kappa shape index (κ1) is 31.5. The highest BCUT2D eigenvalue weighted by Gasteiger charge is 2.38. The zero-order valence-corrected chi connectivity index (χ0v) is 23.3. The lowest BCUT2D eigenvalue weighted by Gasteiger charge is -2.29. The first-order chi connectivity index (χ1) is 17.9. The van der Waals surface area contributed by atoms with Crippen molar-refractivity contribution < 1.29 is 19.5 Å². The molecule has 2 aromatic rings. The molecule has 5 N–H and O–H groups in total. The minimum absolute atomic E-state index is 0. The van der Waals surface area contributed by atoms with Gasteiger partial charge in [0, 0.05) is 32.0 Å². The zero-order chi connectivity index (χ0) is 26.8. The van der Waals surface area contributed by atoms with E-state index in [1.54, 1.807) is 4.90 Å². The lowest BCUT2D eigenvalue weighted by atomic mass is 9.96. The van der Waals surface area contributed by atoms with Crippen molar-refractivity contribution in [2.45, 2.75) is 77.0 Å². The topological polar surface area (TPSA) is 125 Å². The van der Waals surface area contributed by atoms with Gasteiger partial charge in [0.25, 0.3) is 0 Å². The third kappa shape index (κ3) is 8.41. The van der Waals surface area contributed by atoms with Crippen LogP contribution in [0.3, 0.4) is 0 Å². The summed E-state index contributed by atoms with van der Waals surface area (Å²) in [6, 6.07) is 12.5. The highest BCUT2D eigenvalue weighted by Crippen LogP contribution is 2.25. The van der Waals surface area contributed by atoms with Crippen molar-refractivity contribution in [3.63, 3.8) is 0 Å². The summed E-state index contributed by atoms with van der Waals surface area (Å²) < 4.78 is 0. The Morgan fingerprint density at radius 2 is 1.76 bits per heavy atom. The standard InChI is InChI=1S/C29H42N4O4.ClH/c1-3-8-22(9-4-2)29(37)33-15-7-12-26(33)28(36)32-25(27(35)31-19-24(34)18-30)17-20-13-14-21-10-5-6-11-23(21)16-20;/h5-6,10-11,13-14,16,22,24-26,34H,3-4,7-9,12,15,17-19,30H2,1-2H3,(H,31,35)(H,32,36);1H/t24?,25-,26+;/m1./s1. The second-order valence-electron chi connectivity index (χ2n) is 10.0. The van der Waals surface area contributed by atoms with Crippen LogP contribution in [0.2, 0.25) is 0 Å². The molecule has 3 atom stereocenters. The van der Waals surface area contributed by atoms with Gasteiger partial charge in [-0.1, -0.05) is 69.2 Å². The van der Waals surface area contributed by atoms with Crippen molar-refractivity contribution in [3.8, 4) is 0 Å². The molecule has 1 aliphatic rings. The number of rotatable bonds is 13. The van der Waals surface area contributed by atoms with E-state index >= 15 is 0 Å². The lowest BCUT2D eigenvalue weighted by Crippen LogP contribution is -2.55. The number of benzene rings is 2. The summed E-state index contributed by atoms with van der Waals surface area (Å²) in [6.07, 6.45) is 4.24. The summed E-state index contributed by atoms with van der Waals surface area (Å²) in [5, 5.41) is 17.6. The molecule has 1 aliphatic heterocycles. The van der Waals surface area contributed by atoms with Crippen LogP contribution < -0.4 is 16.4 Å². The number of aliphatic hydroxyl groups is 1. The van der Waals surface area contributed by atoms with E-state index in [4.69, 9.17) is 5.73 Å². The molecule has 0 saturated carbocycles. The Labute approximate surface area is 232 Å². The van der Waals surface area contributed by atoms with E-state index in [2.05, 4.69) is 24.5 Å². The summed E-state index contributed by atoms with van der Waals surface area (Å²) in [5.74, 6) is -0.724. The molecular formula is C29H43ClN4O4. The number of halogens is 1. The van der Waals surface area contributed by atoms with Gasteiger partial charge in [-0.15, -0.1) is 12.4 Å². The van der Waals surface area contributed by atoms with Crippen LogP contribution in [0, 0.1) is 5.92 Å². The number of carbonyl (C=O) groups is 3. The van der Waals surface area contributed by atoms with E-state index in [1.807, 2.05) is 42.5 Å². The van der Waals surface area contributed by atoms with E-state index in [1.165, 1.54) is 0 Å². The number of nitrogens with one attached hydrogen (secondary N) is 2. The summed E-state index contributed by atoms with van der Waals surface area (Å²) in [7, 11) is 0. The number of hydrogen-bond acceptors (Lipinski definition) is 5. The van der Waals surface area contributed by atoms with Gasteiger partial charge in [0.05, 0.1) is 6.10 Å². The van der Waals surface area contributed by atoms with Crippen LogP contribution in [0.15, 0.2) is 42.5 Å². The normalized spacial score (nSPS) is 16.7. The number of fused-ring (bicyclic) bond motifs is 1. The number of likely N-dealkylation sites (tertiary alicyclic amines) is 1. The fraction of sp³-hybridized carbons (Fsp3) is 0.552. The van der Waals surface area contributed by atoms with Gasteiger partial charge >= 0.3 is 0 Å². The average Bonchev–Trinajstić information content (AvgIpc) is 3.40. The van der Waals surface area contributed by atoms with Gasteiger partial charge in [0.1, 0.15) is 12.1 Å². The number of carbonyl (C=O) groups excluding carboxylic acids is 3. The SMILES string of the molecule is CCCC(CCC)C(=O)N1CCC[C@H]1C(=O)N[C@H](Cc1ccc2ccccc2c1)C(=O)NCC(O)CN.Cl. The average molecular weight is 547 g/mol. The maximum absolute atomic E-state index is 13.5. The Hall–Kier alpha value is -2.68. The predicted molar refractivity (Wildman–Crippen MR) is 153 cm³/mol. The van der Waals surface area contributed by atoms with Crippen molar-refractivity contribution in [3.05, 3.63) is 48.0 Å². The van der Waals surface area contributed by atoms with E-state index in [0.29, 0.717) is 13.0 Å². The number of nitrogens with two attached hydrogens (primary N) is 1. The van der Waals surface area contributed by atoms with Crippen LogP contribution in [0.25, 0.3) is 10.8 Å². The molecule has 3 amide bonds. The molecule has 38 heavy (non-hydrogen) atoms. The Morgan fingerprint density at radius 3 is 2.42 bits per heavy atom. The Morgan fingerprint density at radius 1 is 1.08 bits per heavy atom. The number of aliphatic hydroxyl groups excluding tert-OH is 1. The Balaban J connectivity index is 0.00000507. The molecule has 0 spiro atoms. The molecule has 1 unspecified atom stereocenters. The molecule has 3 rings (SSSR count). The highest BCUT2D eigenvalue weighted by atomic mass is 35.5. The molecule has 0 bridgehead atoms. The molecule has 0 aromatic heterocycles. The van der Waals surface area contributed by atoms with Crippen molar-refractivity contribution in [1.29, 1.82) is 0 Å². The zero-order valence-electron chi connectivity index (χ0n) is 22.5. The van der Waals surface area contributed by atoms with Gasteiger partial charge in [-0.05, 0) is 42.0 Å². The van der Waals surface area contributed by atoms with Crippen molar-refractivity contribution in [1.82, 2.24) is 15.5 Å². The van der Waals surface area contributed by atoms with E-state index in [9.17, 15) is 19.5 Å². The highest BCUT2D eigenvalue weighted by molar-refractivity contribution is 5.93. The largest absolute Gasteiger partial charge is 0.390 e. The van der Waals surface area contributed by atoms with Gasteiger partial charge in [-0.2, -0.15) is 0 Å². The third-order valence-corrected chi connectivity index (χ3v) is 7.13. The maximum atomic E-state index is 13.5. The monoisotopic (exact) mass is 546 g/mol. The van der Waals surface area contributed by atoms with Crippen molar-refractivity contribution in [2.75, 3.05) is 19.6 Å². The second kappa shape index (κ2) is 15.7. The molecule has 1 saturated heterocycles. The number of nitrogens with zero attached hydrogens (tertiary/aromatic N) is 1. The minimum Gasteiger partial charge on any atom is -0.390 e. The van der Waals surface area contributed by atoms with Gasteiger partial charge in [-0.3, -0.25) is 14.4 Å². The van der Waals surface area contributed by atoms with Gasteiger partial charge in [0.2, 0.25) is 17.7 Å². The molecule has 1 fully saturated rings. The van der Waals surface area contributed by atoms with E-state index in [-0.39, 0.29) is 55.6 Å². The van der Waals surface area contributed by atoms with Gasteiger partial charge < -0.3 is 26.4 Å². The van der Waals surface area contributed by atoms with Crippen LogP contribution in [0.4, 0.5) is 0 Å². The summed E-state index contributed by atoms with van der Waals surface area (Å²) in [4.78, 5) is 41.6. The first-order valence-corrected chi connectivity index (χ1v) is 13.6. The van der Waals surface area contributed by atoms with E-state index < -0.39 is 18.2 Å². The van der Waals surface area contributed by atoms with Gasteiger partial charge in [0.15, 0.2) is 0 Å². The fourth-order valence-corrected chi connectivity index (χ4v) is 5.13. The molecule has 8 nitrogen and oxygen atoms in total. The van der Waals surface area contributed by atoms with E-state index in [0.717, 1.165) is 48.4 Å². The quantitative estimate of drug-likeness (QED) is 0.307. The number of hydrogen-bond donors (Lipinski definition) is 4. The molecule has 210 valence electrons. The molecular weight excluding hydrogens is 504 g/mol. The Kier molecular flexibility index (Phi) is 13.0. The molecule has 0 radical (unpaired) electrons. The van der Waals surface area contributed by atoms with Crippen LogP contribution in [0.1, 0.15) is 57.9 Å². The van der Waals surface area contributed by atoms with Crippen LogP contribution >= 0.6 is 12.4 Å². The van der Waals surface area contributed by atoms with Crippen LogP contribution in [-0.2, 0) is 20.8 Å². The Bertz CT molecular complexity index is 1060. The summed E-state index contributed by atoms with van der Waals surface area (Å²) in [5.41, 5.74) is 6.38.